The number of pyridine rings is 2. The van der Waals surface area contributed by atoms with Crippen LogP contribution >= 0.6 is 23.2 Å². The molecule has 0 radical (unpaired) electrons. The van der Waals surface area contributed by atoms with Crippen molar-refractivity contribution < 1.29 is 13.6 Å². The topological polar surface area (TPSA) is 99.6 Å². The maximum Gasteiger partial charge on any atom is 0.319 e. The highest BCUT2D eigenvalue weighted by Gasteiger charge is 2.26. The third-order valence-electron chi connectivity index (χ3n) is 7.96. The third-order valence-corrected chi connectivity index (χ3v) is 8.37. The van der Waals surface area contributed by atoms with Crippen LogP contribution in [0.2, 0.25) is 10.2 Å². The van der Waals surface area contributed by atoms with Crippen LogP contribution in [0.1, 0.15) is 49.9 Å². The first-order chi connectivity index (χ1) is 21.1. The molecule has 2 bridgehead atoms. The molecule has 1 N–H and O–H groups in total. The van der Waals surface area contributed by atoms with E-state index in [2.05, 4.69) is 20.6 Å². The summed E-state index contributed by atoms with van der Waals surface area (Å²) >= 11 is 12.4. The lowest BCUT2D eigenvalue weighted by atomic mass is 9.87. The van der Waals surface area contributed by atoms with E-state index in [1.54, 1.807) is 61.9 Å². The zero-order valence-corrected chi connectivity index (χ0v) is 25.2. The van der Waals surface area contributed by atoms with Gasteiger partial charge in [-0.15, -0.1) is 5.10 Å². The van der Waals surface area contributed by atoms with Crippen molar-refractivity contribution in [2.45, 2.75) is 38.7 Å². The first-order valence-electron chi connectivity index (χ1n) is 14.0. The standard InChI is InChI=1S/C31H27Cl2F2N7O2/c1-17-4-3-5-20(24-12-18(8-10-36-24)29-23(37-30(17)44)9-11-41(29)31(34)35)22-15-40(2)26(14-27(22)43)21-13-19(32)6-7-25(21)42-16-28(33)38-39-42/h6-17,20,31H,3-5H2,1-2H3,(H,37,44)/t17-,20+/m1/s1. The smallest absolute Gasteiger partial charge is 0.319 e. The van der Waals surface area contributed by atoms with Gasteiger partial charge in [-0.25, -0.2) is 4.68 Å². The number of anilines is 1. The number of carbonyl (C=O) groups excluding carboxylic acids is 1. The average molecular weight is 639 g/mol. The van der Waals surface area contributed by atoms with E-state index in [9.17, 15) is 18.4 Å². The van der Waals surface area contributed by atoms with Crippen LogP contribution in [0.5, 0.6) is 0 Å². The summed E-state index contributed by atoms with van der Waals surface area (Å²) in [4.78, 5) is 31.5. The highest BCUT2D eigenvalue weighted by atomic mass is 35.5. The molecule has 0 aliphatic carbocycles. The molecule has 13 heteroatoms. The zero-order chi connectivity index (χ0) is 31.1. The normalized spacial score (nSPS) is 17.1. The van der Waals surface area contributed by atoms with E-state index in [4.69, 9.17) is 23.2 Å². The second-order valence-electron chi connectivity index (χ2n) is 10.8. The van der Waals surface area contributed by atoms with Crippen LogP contribution in [0.4, 0.5) is 14.5 Å². The van der Waals surface area contributed by atoms with Crippen LogP contribution in [0.25, 0.3) is 28.2 Å². The average Bonchev–Trinajstić information content (AvgIpc) is 3.62. The number of hydrogen-bond donors (Lipinski definition) is 1. The van der Waals surface area contributed by atoms with E-state index < -0.39 is 12.5 Å². The lowest BCUT2D eigenvalue weighted by Crippen LogP contribution is -2.22. The molecule has 5 aromatic rings. The van der Waals surface area contributed by atoms with Crippen molar-refractivity contribution in [3.63, 3.8) is 0 Å². The van der Waals surface area contributed by atoms with Crippen molar-refractivity contribution in [3.05, 3.63) is 98.9 Å². The molecule has 0 saturated heterocycles. The van der Waals surface area contributed by atoms with Crippen LogP contribution in [0, 0.1) is 5.92 Å². The number of benzene rings is 1. The fraction of sp³-hybridized carbons (Fsp3) is 0.258. The van der Waals surface area contributed by atoms with Crippen molar-refractivity contribution in [1.29, 1.82) is 0 Å². The maximum atomic E-state index is 14.0. The molecule has 6 rings (SSSR count). The number of rotatable bonds is 4. The molecular formula is C31H27Cl2F2N7O2. The maximum absolute atomic E-state index is 14.0. The van der Waals surface area contributed by atoms with Gasteiger partial charge in [0, 0.05) is 70.9 Å². The van der Waals surface area contributed by atoms with E-state index >= 15 is 0 Å². The largest absolute Gasteiger partial charge is 0.350 e. The van der Waals surface area contributed by atoms with Gasteiger partial charge in [0.25, 0.3) is 0 Å². The lowest BCUT2D eigenvalue weighted by Gasteiger charge is -2.22. The van der Waals surface area contributed by atoms with Crippen LogP contribution < -0.4 is 10.7 Å². The first kappa shape index (κ1) is 29.7. The molecule has 226 valence electrons. The molecule has 1 aromatic carbocycles. The summed E-state index contributed by atoms with van der Waals surface area (Å²) in [7, 11) is 1.82. The van der Waals surface area contributed by atoms with Crippen LogP contribution in [-0.2, 0) is 11.8 Å². The Labute approximate surface area is 261 Å². The van der Waals surface area contributed by atoms with E-state index in [1.807, 2.05) is 11.6 Å². The second-order valence-corrected chi connectivity index (χ2v) is 11.7. The summed E-state index contributed by atoms with van der Waals surface area (Å²) in [6.07, 6.45) is 7.81. The van der Waals surface area contributed by atoms with E-state index in [0.29, 0.717) is 63.7 Å². The Morgan fingerprint density at radius 1 is 1.05 bits per heavy atom. The van der Waals surface area contributed by atoms with E-state index in [-0.39, 0.29) is 28.1 Å². The second kappa shape index (κ2) is 12.0. The Morgan fingerprint density at radius 3 is 2.61 bits per heavy atom. The van der Waals surface area contributed by atoms with Gasteiger partial charge in [0.1, 0.15) is 0 Å². The molecule has 1 aliphatic heterocycles. The number of aromatic nitrogens is 6. The van der Waals surface area contributed by atoms with Gasteiger partial charge in [0.05, 0.1) is 29.0 Å². The first-order valence-corrected chi connectivity index (χ1v) is 14.7. The Morgan fingerprint density at radius 2 is 1.86 bits per heavy atom. The molecule has 1 amide bonds. The number of nitrogens with one attached hydrogen (secondary N) is 1. The van der Waals surface area contributed by atoms with Gasteiger partial charge < -0.3 is 9.88 Å². The van der Waals surface area contributed by atoms with Crippen molar-refractivity contribution >= 4 is 34.8 Å². The number of halogens is 4. The van der Waals surface area contributed by atoms with E-state index in [0.717, 1.165) is 4.57 Å². The van der Waals surface area contributed by atoms with Crippen molar-refractivity contribution in [2.24, 2.45) is 13.0 Å². The molecule has 0 fully saturated rings. The molecule has 5 heterocycles. The molecule has 4 aromatic heterocycles. The number of hydrogen-bond acceptors (Lipinski definition) is 5. The van der Waals surface area contributed by atoms with Gasteiger partial charge in [0.15, 0.2) is 10.6 Å². The summed E-state index contributed by atoms with van der Waals surface area (Å²) in [6.45, 7) is -1.02. The number of amides is 1. The van der Waals surface area contributed by atoms with Crippen molar-refractivity contribution in [1.82, 2.24) is 29.1 Å². The predicted octanol–water partition coefficient (Wildman–Crippen LogP) is 7.09. The Balaban J connectivity index is 1.48. The van der Waals surface area contributed by atoms with Crippen LogP contribution in [0.15, 0.2) is 72.0 Å². The molecule has 0 spiro atoms. The number of carbonyl (C=O) groups is 1. The third kappa shape index (κ3) is 5.65. The molecule has 1 aliphatic rings. The summed E-state index contributed by atoms with van der Waals surface area (Å²) in [6, 6.07) is 11.6. The Hall–Kier alpha value is -4.35. The summed E-state index contributed by atoms with van der Waals surface area (Å²) < 4.78 is 32.2. The lowest BCUT2D eigenvalue weighted by molar-refractivity contribution is -0.119. The Bertz CT molecular complexity index is 1930. The molecular weight excluding hydrogens is 611 g/mol. The molecule has 2 atom stereocenters. The molecule has 9 nitrogen and oxygen atoms in total. The van der Waals surface area contributed by atoms with Crippen LogP contribution in [0.3, 0.4) is 0 Å². The highest BCUT2D eigenvalue weighted by molar-refractivity contribution is 6.31. The predicted molar refractivity (Wildman–Crippen MR) is 164 cm³/mol. The molecule has 0 unspecified atom stereocenters. The molecule has 0 saturated carbocycles. The van der Waals surface area contributed by atoms with Crippen molar-refractivity contribution in [2.75, 3.05) is 5.32 Å². The van der Waals surface area contributed by atoms with Gasteiger partial charge in [-0.1, -0.05) is 41.8 Å². The number of fused-ring (bicyclic) bond motifs is 4. The SMILES string of the molecule is C[C@@H]1CCC[C@@H](c2cn(C)c(-c3cc(Cl)ccc3-n3cc(Cl)nn3)cc2=O)c2cc(ccn2)-c2c(ccn2C(F)F)NC1=O. The van der Waals surface area contributed by atoms with Gasteiger partial charge in [-0.05, 0) is 49.2 Å². The monoisotopic (exact) mass is 637 g/mol. The minimum Gasteiger partial charge on any atom is -0.350 e. The Kier molecular flexibility index (Phi) is 8.08. The fourth-order valence-electron chi connectivity index (χ4n) is 5.73. The van der Waals surface area contributed by atoms with E-state index in [1.165, 1.54) is 16.9 Å². The van der Waals surface area contributed by atoms with Gasteiger partial charge >= 0.3 is 6.55 Å². The summed E-state index contributed by atoms with van der Waals surface area (Å²) in [5, 5.41) is 11.4. The minimum atomic E-state index is -2.82. The van der Waals surface area contributed by atoms with Crippen molar-refractivity contribution in [3.8, 4) is 28.2 Å². The van der Waals surface area contributed by atoms with Gasteiger partial charge in [-0.3, -0.25) is 19.1 Å². The number of nitrogens with zero attached hydrogens (tertiary/aromatic N) is 6. The molecule has 44 heavy (non-hydrogen) atoms. The minimum absolute atomic E-state index is 0.175. The number of alkyl halides is 2. The fourth-order valence-corrected chi connectivity index (χ4v) is 6.03. The van der Waals surface area contributed by atoms with Gasteiger partial charge in [-0.2, -0.15) is 8.78 Å². The van der Waals surface area contributed by atoms with Crippen LogP contribution in [-0.4, -0.2) is 35.0 Å². The summed E-state index contributed by atoms with van der Waals surface area (Å²) in [5.74, 6) is -1.08. The van der Waals surface area contributed by atoms with Gasteiger partial charge in [0.2, 0.25) is 5.91 Å². The summed E-state index contributed by atoms with van der Waals surface area (Å²) in [5.41, 5.74) is 3.61. The number of aryl methyl sites for hydroxylation is 1. The highest BCUT2D eigenvalue weighted by Crippen LogP contribution is 2.37. The quantitative estimate of drug-likeness (QED) is 0.227. The zero-order valence-electron chi connectivity index (χ0n) is 23.7.